The lowest BCUT2D eigenvalue weighted by Gasteiger charge is -2.33. The van der Waals surface area contributed by atoms with E-state index >= 15 is 0 Å². The Morgan fingerprint density at radius 1 is 1.08 bits per heavy atom. The quantitative estimate of drug-likeness (QED) is 0.776. The van der Waals surface area contributed by atoms with Crippen LogP contribution in [0.1, 0.15) is 42.5 Å². The van der Waals surface area contributed by atoms with Crippen LogP contribution in [0.15, 0.2) is 24.3 Å². The van der Waals surface area contributed by atoms with Gasteiger partial charge in [-0.1, -0.05) is 12.8 Å². The predicted molar refractivity (Wildman–Crippen MR) is 94.6 cm³/mol. The maximum absolute atomic E-state index is 12.7. The maximum atomic E-state index is 12.7. The molecule has 0 bridgehead atoms. The molecule has 142 valence electrons. The van der Waals surface area contributed by atoms with Gasteiger partial charge < -0.3 is 14.7 Å². The first-order chi connectivity index (χ1) is 12.4. The van der Waals surface area contributed by atoms with Crippen molar-refractivity contribution in [1.29, 1.82) is 0 Å². The van der Waals surface area contributed by atoms with Crippen molar-refractivity contribution >= 4 is 21.7 Å². The first kappa shape index (κ1) is 18.7. The number of aromatic hydroxyl groups is 1. The molecule has 1 heterocycles. The van der Waals surface area contributed by atoms with E-state index in [-0.39, 0.29) is 40.8 Å². The van der Waals surface area contributed by atoms with Crippen LogP contribution in [0, 0.1) is 0 Å². The largest absolute Gasteiger partial charge is 0.508 e. The molecule has 2 fully saturated rings. The topological polar surface area (TPSA) is 101 Å². The molecule has 7 nitrogen and oxygen atoms in total. The Hall–Kier alpha value is -2.09. The Morgan fingerprint density at radius 2 is 1.73 bits per heavy atom. The molecule has 0 radical (unpaired) electrons. The average Bonchev–Trinajstić information content (AvgIpc) is 3.24. The number of phenols is 1. The van der Waals surface area contributed by atoms with Gasteiger partial charge in [0, 0.05) is 12.1 Å². The minimum absolute atomic E-state index is 0.0127. The smallest absolute Gasteiger partial charge is 0.338 e. The molecule has 8 heteroatoms. The first-order valence-electron chi connectivity index (χ1n) is 8.83. The number of phenolic OH excluding ortho intramolecular Hbond substituents is 1. The van der Waals surface area contributed by atoms with Crippen molar-refractivity contribution < 1.29 is 27.9 Å². The van der Waals surface area contributed by atoms with E-state index in [2.05, 4.69) is 0 Å². The number of amides is 1. The third-order valence-corrected chi connectivity index (χ3v) is 6.79. The van der Waals surface area contributed by atoms with Crippen LogP contribution in [0.4, 0.5) is 0 Å². The second kappa shape index (κ2) is 7.65. The van der Waals surface area contributed by atoms with Crippen LogP contribution >= 0.6 is 0 Å². The number of sulfone groups is 1. The lowest BCUT2D eigenvalue weighted by Crippen LogP contribution is -2.48. The molecular formula is C18H23NO6S. The summed E-state index contributed by atoms with van der Waals surface area (Å²) in [5, 5.41) is 9.25. The summed E-state index contributed by atoms with van der Waals surface area (Å²) in [6, 6.07) is 5.26. The Morgan fingerprint density at radius 3 is 2.31 bits per heavy atom. The minimum Gasteiger partial charge on any atom is -0.508 e. The van der Waals surface area contributed by atoms with Crippen molar-refractivity contribution in [2.45, 2.75) is 44.2 Å². The first-order valence-corrected chi connectivity index (χ1v) is 10.7. The molecule has 1 aromatic carbocycles. The van der Waals surface area contributed by atoms with Crippen LogP contribution in [0.2, 0.25) is 0 Å². The zero-order chi connectivity index (χ0) is 18.7. The molecule has 1 aromatic rings. The van der Waals surface area contributed by atoms with Crippen LogP contribution < -0.4 is 0 Å². The van der Waals surface area contributed by atoms with E-state index in [4.69, 9.17) is 4.74 Å². The molecule has 0 aromatic heterocycles. The van der Waals surface area contributed by atoms with Crippen LogP contribution in [0.5, 0.6) is 5.75 Å². The number of benzene rings is 1. The SMILES string of the molecule is O=C(OCC(=O)N(C1CCCC1)[C@@H]1CCS(=O)(=O)C1)c1ccc(O)cc1. The normalized spacial score (nSPS) is 22.2. The van der Waals surface area contributed by atoms with Crippen LogP contribution in [-0.4, -0.2) is 60.5 Å². The van der Waals surface area contributed by atoms with E-state index in [0.717, 1.165) is 25.7 Å². The number of rotatable bonds is 5. The summed E-state index contributed by atoms with van der Waals surface area (Å²) >= 11 is 0. The minimum atomic E-state index is -3.11. The van der Waals surface area contributed by atoms with E-state index in [1.165, 1.54) is 24.3 Å². The Balaban J connectivity index is 1.65. The number of esters is 1. The monoisotopic (exact) mass is 381 g/mol. The molecular weight excluding hydrogens is 358 g/mol. The number of carbonyl (C=O) groups excluding carboxylic acids is 2. The van der Waals surface area contributed by atoms with Gasteiger partial charge >= 0.3 is 5.97 Å². The summed E-state index contributed by atoms with van der Waals surface area (Å²) in [4.78, 5) is 26.4. The fourth-order valence-corrected chi connectivity index (χ4v) is 5.48. The zero-order valence-corrected chi connectivity index (χ0v) is 15.3. The number of hydrogen-bond acceptors (Lipinski definition) is 6. The van der Waals surface area contributed by atoms with Gasteiger partial charge in [-0.25, -0.2) is 13.2 Å². The van der Waals surface area contributed by atoms with Crippen molar-refractivity contribution in [2.75, 3.05) is 18.1 Å². The molecule has 1 saturated carbocycles. The molecule has 1 atom stereocenters. The van der Waals surface area contributed by atoms with Gasteiger partial charge in [-0.3, -0.25) is 4.79 Å². The van der Waals surface area contributed by atoms with Crippen molar-refractivity contribution in [2.24, 2.45) is 0 Å². The van der Waals surface area contributed by atoms with Crippen molar-refractivity contribution in [3.8, 4) is 5.75 Å². The summed E-state index contributed by atoms with van der Waals surface area (Å²) < 4.78 is 28.8. The number of carbonyl (C=O) groups is 2. The van der Waals surface area contributed by atoms with E-state index in [9.17, 15) is 23.1 Å². The molecule has 0 unspecified atom stereocenters. The highest BCUT2D eigenvalue weighted by Crippen LogP contribution is 2.29. The molecule has 1 aliphatic heterocycles. The molecule has 26 heavy (non-hydrogen) atoms. The molecule has 2 aliphatic rings. The average molecular weight is 381 g/mol. The number of nitrogens with zero attached hydrogens (tertiary/aromatic N) is 1. The molecule has 1 saturated heterocycles. The summed E-state index contributed by atoms with van der Waals surface area (Å²) in [6.07, 6.45) is 4.18. The molecule has 1 aliphatic carbocycles. The van der Waals surface area contributed by atoms with Gasteiger partial charge in [0.2, 0.25) is 0 Å². The zero-order valence-electron chi connectivity index (χ0n) is 14.5. The van der Waals surface area contributed by atoms with Gasteiger partial charge in [0.05, 0.1) is 17.1 Å². The third-order valence-electron chi connectivity index (χ3n) is 5.04. The molecule has 3 rings (SSSR count). The summed E-state index contributed by atoms with van der Waals surface area (Å²) in [5.41, 5.74) is 0.242. The highest BCUT2D eigenvalue weighted by molar-refractivity contribution is 7.91. The third kappa shape index (κ3) is 4.35. The Labute approximate surface area is 152 Å². The van der Waals surface area contributed by atoms with Crippen LogP contribution in [0.3, 0.4) is 0 Å². The van der Waals surface area contributed by atoms with E-state index in [1.807, 2.05) is 0 Å². The van der Waals surface area contributed by atoms with Crippen LogP contribution in [0.25, 0.3) is 0 Å². The predicted octanol–water partition coefficient (Wildman–Crippen LogP) is 1.51. The Kier molecular flexibility index (Phi) is 5.50. The van der Waals surface area contributed by atoms with E-state index < -0.39 is 22.4 Å². The fraction of sp³-hybridized carbons (Fsp3) is 0.556. The summed E-state index contributed by atoms with van der Waals surface area (Å²) in [6.45, 7) is -0.410. The summed E-state index contributed by atoms with van der Waals surface area (Å²) in [5.74, 6) is -0.870. The van der Waals surface area contributed by atoms with Gasteiger partial charge in [0.15, 0.2) is 16.4 Å². The van der Waals surface area contributed by atoms with Crippen LogP contribution in [-0.2, 0) is 19.4 Å². The second-order valence-corrected chi connectivity index (χ2v) is 9.15. The van der Waals surface area contributed by atoms with Gasteiger partial charge in [-0.15, -0.1) is 0 Å². The lowest BCUT2D eigenvalue weighted by atomic mass is 10.1. The van der Waals surface area contributed by atoms with Crippen molar-refractivity contribution in [3.05, 3.63) is 29.8 Å². The van der Waals surface area contributed by atoms with Gasteiger partial charge in [-0.2, -0.15) is 0 Å². The highest BCUT2D eigenvalue weighted by atomic mass is 32.2. The van der Waals surface area contributed by atoms with Gasteiger partial charge in [0.25, 0.3) is 5.91 Å². The second-order valence-electron chi connectivity index (χ2n) is 6.92. The molecule has 1 N–H and O–H groups in total. The standard InChI is InChI=1S/C18H23NO6S/c20-16-7-5-13(6-8-16)18(22)25-11-17(21)19(14-3-1-2-4-14)15-9-10-26(23,24)12-15/h5-8,14-15,20H,1-4,9-12H2/t15-/m1/s1. The van der Waals surface area contributed by atoms with E-state index in [0.29, 0.717) is 6.42 Å². The van der Waals surface area contributed by atoms with Crippen molar-refractivity contribution in [3.63, 3.8) is 0 Å². The summed E-state index contributed by atoms with van der Waals surface area (Å²) in [7, 11) is -3.11. The molecule has 0 spiro atoms. The van der Waals surface area contributed by atoms with Gasteiger partial charge in [0.1, 0.15) is 5.75 Å². The highest BCUT2D eigenvalue weighted by Gasteiger charge is 2.39. The number of hydrogen-bond donors (Lipinski definition) is 1. The number of ether oxygens (including phenoxy) is 1. The maximum Gasteiger partial charge on any atom is 0.338 e. The fourth-order valence-electron chi connectivity index (χ4n) is 3.77. The Bertz CT molecular complexity index is 767. The van der Waals surface area contributed by atoms with Gasteiger partial charge in [-0.05, 0) is 43.5 Å². The molecule has 1 amide bonds. The van der Waals surface area contributed by atoms with E-state index in [1.54, 1.807) is 4.90 Å². The van der Waals surface area contributed by atoms with Crippen molar-refractivity contribution in [1.82, 2.24) is 4.90 Å². The lowest BCUT2D eigenvalue weighted by molar-refractivity contribution is -0.139.